The van der Waals surface area contributed by atoms with Crippen LogP contribution in [0.15, 0.2) is 119 Å². The molecule has 0 fully saturated rings. The second-order valence-corrected chi connectivity index (χ2v) is 27.7. The zero-order valence-electron chi connectivity index (χ0n) is 42.2. The van der Waals surface area contributed by atoms with Crippen molar-refractivity contribution in [3.05, 3.63) is 121 Å². The Kier molecular flexibility index (Phi) is 20.4. The van der Waals surface area contributed by atoms with Gasteiger partial charge in [0.1, 0.15) is 47.9 Å². The molecule has 4 aromatic carbocycles. The van der Waals surface area contributed by atoms with Crippen LogP contribution in [0.1, 0.15) is 54.3 Å². The Labute approximate surface area is 430 Å². The number of anilines is 2. The first-order chi connectivity index (χ1) is 34.7. The zero-order chi connectivity index (χ0) is 54.4. The van der Waals surface area contributed by atoms with E-state index in [0.29, 0.717) is 54.0 Å². The van der Waals surface area contributed by atoms with Crippen LogP contribution in [0.4, 0.5) is 11.6 Å². The monoisotopic (exact) mass is 1100 g/mol. The van der Waals surface area contributed by atoms with Gasteiger partial charge in [0, 0.05) is 93.0 Å². The Balaban J connectivity index is 0.000000274. The fourth-order valence-electron chi connectivity index (χ4n) is 6.70. The number of hydrogen-bond acceptors (Lipinski definition) is 17. The Hall–Kier alpha value is -6.32. The number of carbonyl (C=O) groups excluding carboxylic acids is 2. The summed E-state index contributed by atoms with van der Waals surface area (Å²) in [5, 5.41) is 32.3. The maximum absolute atomic E-state index is 13.1. The molecule has 1 unspecified atom stereocenters. The lowest BCUT2D eigenvalue weighted by atomic mass is 10.1. The molecule has 0 spiro atoms. The molecule has 0 bridgehead atoms. The number of ether oxygens (including phenoxy) is 4. The molecule has 4 N–H and O–H groups in total. The molecule has 0 aliphatic heterocycles. The van der Waals surface area contributed by atoms with E-state index in [1.807, 2.05) is 0 Å². The van der Waals surface area contributed by atoms with Gasteiger partial charge in [-0.1, -0.05) is 0 Å². The first-order valence-electron chi connectivity index (χ1n) is 23.0. The lowest BCUT2D eigenvalue weighted by Crippen LogP contribution is -2.16. The van der Waals surface area contributed by atoms with Crippen molar-refractivity contribution in [1.82, 2.24) is 19.6 Å². The van der Waals surface area contributed by atoms with Crippen molar-refractivity contribution in [2.45, 2.75) is 68.2 Å². The van der Waals surface area contributed by atoms with Crippen molar-refractivity contribution in [3.8, 4) is 34.5 Å². The number of carbonyl (C=O) groups is 2. The number of rotatable bonds is 24. The standard InChI is InChI=1S/C25H32N3O8PS.C24H30N3O7PS/c1-5-34-37(3,31)17-28-12-10-24(27-28)26-25(30)19-14-21(35-18(2)11-13-29)16-22(15-19)36-20-6-8-23(9-7-20)38(4,32)33;1-17(10-12-28)33-20-13-18(24(29)25-23-9-11-27(26-23)16-35(2,3)30)14-21(15-20)34-19-5-7-22(8-6-19)36(4,31)32/h6-10,12,14-16,18,29H,5,11,13,17H2,1-4H3,(H,26,27,30);5-9,11,13-15,17,28H,10,12,16H2,1-4H3,(H,25,26,29)/t18-,37?;17-/m00/s1. The quantitative estimate of drug-likeness (QED) is 0.0414. The molecule has 21 nitrogen and oxygen atoms in total. The Bertz CT molecular complexity index is 3200. The predicted octanol–water partition coefficient (Wildman–Crippen LogP) is 8.44. The van der Waals surface area contributed by atoms with Crippen LogP contribution in [0.5, 0.6) is 34.5 Å². The van der Waals surface area contributed by atoms with Gasteiger partial charge in [0.25, 0.3) is 11.8 Å². The number of amides is 2. The van der Waals surface area contributed by atoms with Gasteiger partial charge in [0.2, 0.25) is 7.37 Å². The molecular formula is C49H62N6O15P2S2. The number of hydrogen-bond donors (Lipinski definition) is 4. The molecule has 74 heavy (non-hydrogen) atoms. The highest BCUT2D eigenvalue weighted by atomic mass is 32.2. The van der Waals surface area contributed by atoms with Gasteiger partial charge in [0.15, 0.2) is 31.3 Å². The molecule has 0 saturated heterocycles. The van der Waals surface area contributed by atoms with Gasteiger partial charge in [-0.3, -0.25) is 23.5 Å². The Morgan fingerprint density at radius 2 is 0.973 bits per heavy atom. The fourth-order valence-corrected chi connectivity index (χ4v) is 10.1. The fraction of sp³-hybridized carbons (Fsp3) is 0.347. The van der Waals surface area contributed by atoms with E-state index in [1.165, 1.54) is 82.8 Å². The van der Waals surface area contributed by atoms with Gasteiger partial charge < -0.3 is 48.9 Å². The molecule has 6 aromatic rings. The van der Waals surface area contributed by atoms with Crippen molar-refractivity contribution < 1.29 is 69.2 Å². The third-order valence-corrected chi connectivity index (χ3v) is 14.9. The summed E-state index contributed by atoms with van der Waals surface area (Å²) in [7, 11) is -11.9. The smallest absolute Gasteiger partial charge is 0.257 e. The normalized spacial score (nSPS) is 13.3. The van der Waals surface area contributed by atoms with Crippen molar-refractivity contribution in [2.75, 3.05) is 63.0 Å². The minimum Gasteiger partial charge on any atom is -0.490 e. The third kappa shape index (κ3) is 19.2. The van der Waals surface area contributed by atoms with Gasteiger partial charge in [-0.15, -0.1) is 0 Å². The summed E-state index contributed by atoms with van der Waals surface area (Å²) in [6.07, 6.45) is 5.94. The highest BCUT2D eigenvalue weighted by Crippen LogP contribution is 2.44. The first kappa shape index (κ1) is 58.6. The average molecular weight is 1100 g/mol. The predicted molar refractivity (Wildman–Crippen MR) is 281 cm³/mol. The van der Waals surface area contributed by atoms with Crippen LogP contribution in [0.25, 0.3) is 0 Å². The molecule has 3 atom stereocenters. The molecular weight excluding hydrogens is 1040 g/mol. The maximum atomic E-state index is 13.1. The number of aromatic nitrogens is 4. The summed E-state index contributed by atoms with van der Waals surface area (Å²) >= 11 is 0. The SMILES string of the molecule is CCOP(C)(=O)Cn1ccc(NC(=O)c2cc(Oc3ccc(S(C)(=O)=O)cc3)cc(O[C@@H](C)CCO)c2)n1.C[C@@H](CCO)Oc1cc(Oc2ccc(S(C)(=O)=O)cc2)cc(C(=O)Nc2ccn(CP(C)(C)=O)n2)c1. The molecule has 0 aliphatic rings. The van der Waals surface area contributed by atoms with E-state index < -0.39 is 46.0 Å². The van der Waals surface area contributed by atoms with E-state index >= 15 is 0 Å². The van der Waals surface area contributed by atoms with Crippen LogP contribution < -0.4 is 29.6 Å². The van der Waals surface area contributed by atoms with Crippen LogP contribution in [-0.4, -0.2) is 123 Å². The van der Waals surface area contributed by atoms with Gasteiger partial charge in [-0.05, 0) is 107 Å². The molecule has 0 aliphatic carbocycles. The second kappa shape index (κ2) is 25.8. The van der Waals surface area contributed by atoms with E-state index in [1.54, 1.807) is 76.8 Å². The molecule has 0 radical (unpaired) electrons. The molecule has 0 saturated carbocycles. The topological polar surface area (TPSA) is 283 Å². The molecule has 2 heterocycles. The zero-order valence-corrected chi connectivity index (χ0v) is 45.6. The molecule has 2 aromatic heterocycles. The van der Waals surface area contributed by atoms with Crippen LogP contribution in [0.3, 0.4) is 0 Å². The largest absolute Gasteiger partial charge is 0.490 e. The van der Waals surface area contributed by atoms with Crippen molar-refractivity contribution in [2.24, 2.45) is 0 Å². The lowest BCUT2D eigenvalue weighted by molar-refractivity contribution is 0.101. The summed E-state index contributed by atoms with van der Waals surface area (Å²) < 4.78 is 103. The van der Waals surface area contributed by atoms with E-state index in [0.717, 1.165) is 12.5 Å². The molecule has 2 amide bonds. The number of nitrogens with zero attached hydrogens (tertiary/aromatic N) is 4. The summed E-state index contributed by atoms with van der Waals surface area (Å²) in [5.41, 5.74) is 0.448. The highest BCUT2D eigenvalue weighted by Gasteiger charge is 2.20. The van der Waals surface area contributed by atoms with Crippen LogP contribution in [0.2, 0.25) is 0 Å². The van der Waals surface area contributed by atoms with E-state index in [9.17, 15) is 45.8 Å². The van der Waals surface area contributed by atoms with E-state index in [-0.39, 0.29) is 70.5 Å². The number of sulfone groups is 2. The molecule has 25 heteroatoms. The van der Waals surface area contributed by atoms with Crippen molar-refractivity contribution in [3.63, 3.8) is 0 Å². The minimum atomic E-state index is -3.36. The Morgan fingerprint density at radius 3 is 1.32 bits per heavy atom. The van der Waals surface area contributed by atoms with E-state index in [4.69, 9.17) is 23.5 Å². The number of aliphatic hydroxyl groups is 2. The summed E-state index contributed by atoms with van der Waals surface area (Å²) in [6.45, 7) is 10.4. The highest BCUT2D eigenvalue weighted by molar-refractivity contribution is 7.91. The van der Waals surface area contributed by atoms with Gasteiger partial charge >= 0.3 is 0 Å². The van der Waals surface area contributed by atoms with Crippen molar-refractivity contribution >= 4 is 57.6 Å². The maximum Gasteiger partial charge on any atom is 0.257 e. The average Bonchev–Trinajstić information content (AvgIpc) is 3.93. The van der Waals surface area contributed by atoms with Crippen molar-refractivity contribution in [1.29, 1.82) is 0 Å². The third-order valence-electron chi connectivity index (χ3n) is 10.1. The summed E-state index contributed by atoms with van der Waals surface area (Å²) in [4.78, 5) is 26.4. The van der Waals surface area contributed by atoms with Crippen LogP contribution in [0, 0.1) is 0 Å². The van der Waals surface area contributed by atoms with E-state index in [2.05, 4.69) is 20.8 Å². The number of nitrogens with one attached hydrogen (secondary N) is 2. The van der Waals surface area contributed by atoms with Gasteiger partial charge in [-0.2, -0.15) is 10.2 Å². The number of benzene rings is 4. The Morgan fingerprint density at radius 1 is 0.595 bits per heavy atom. The van der Waals surface area contributed by atoms with Crippen LogP contribution >= 0.6 is 14.5 Å². The van der Waals surface area contributed by atoms with Gasteiger partial charge in [-0.25, -0.2) is 16.8 Å². The van der Waals surface area contributed by atoms with Gasteiger partial charge in [0.05, 0.1) is 34.9 Å². The summed E-state index contributed by atoms with van der Waals surface area (Å²) in [5.74, 6) is 1.61. The second-order valence-electron chi connectivity index (χ2n) is 17.6. The minimum absolute atomic E-state index is 0.0531. The summed E-state index contributed by atoms with van der Waals surface area (Å²) in [6, 6.07) is 24.3. The first-order valence-corrected chi connectivity index (χ1v) is 31.8. The number of aliphatic hydroxyl groups excluding tert-OH is 2. The van der Waals surface area contributed by atoms with Crippen LogP contribution in [-0.2, 0) is 45.9 Å². The molecule has 6 rings (SSSR count). The lowest BCUT2D eigenvalue weighted by Gasteiger charge is -2.16. The molecule has 400 valence electrons.